The topological polar surface area (TPSA) is 59.8 Å². The van der Waals surface area contributed by atoms with Crippen LogP contribution < -0.4 is 5.32 Å². The quantitative estimate of drug-likeness (QED) is 0.736. The monoisotopic (exact) mass is 354 g/mol. The van der Waals surface area contributed by atoms with Crippen molar-refractivity contribution < 1.29 is 4.79 Å². The second-order valence-electron chi connectivity index (χ2n) is 5.84. The van der Waals surface area contributed by atoms with Crippen LogP contribution in [0, 0.1) is 6.92 Å². The Balaban J connectivity index is 1.73. The van der Waals surface area contributed by atoms with Crippen LogP contribution in [-0.4, -0.2) is 20.7 Å². The molecule has 0 saturated heterocycles. The number of hydrogen-bond donors (Lipinski definition) is 1. The molecule has 3 aromatic rings. The summed E-state index contributed by atoms with van der Waals surface area (Å²) in [4.78, 5) is 16.8. The van der Waals surface area contributed by atoms with Crippen LogP contribution in [-0.2, 0) is 11.3 Å². The highest BCUT2D eigenvalue weighted by Gasteiger charge is 2.18. The highest BCUT2D eigenvalue weighted by atomic mass is 35.5. The molecule has 5 nitrogen and oxygen atoms in total. The maximum Gasteiger partial charge on any atom is 0.222 e. The molecule has 25 heavy (non-hydrogen) atoms. The van der Waals surface area contributed by atoms with Crippen LogP contribution in [0.25, 0.3) is 0 Å². The van der Waals surface area contributed by atoms with E-state index in [0.29, 0.717) is 18.0 Å². The fourth-order valence-electron chi connectivity index (χ4n) is 2.54. The minimum Gasteiger partial charge on any atom is -0.344 e. The van der Waals surface area contributed by atoms with Gasteiger partial charge in [-0.1, -0.05) is 47.5 Å². The summed E-state index contributed by atoms with van der Waals surface area (Å²) in [5.41, 5.74) is 2.98. The van der Waals surface area contributed by atoms with Gasteiger partial charge in [0.05, 0.1) is 23.0 Å². The second kappa shape index (κ2) is 7.94. The molecular formula is C19H19ClN4O. The number of hydrogen-bond acceptors (Lipinski definition) is 3. The number of nitrogens with one attached hydrogen (secondary N) is 1. The first kappa shape index (κ1) is 17.2. The van der Waals surface area contributed by atoms with Gasteiger partial charge in [0.1, 0.15) is 0 Å². The molecule has 3 rings (SSSR count). The summed E-state index contributed by atoms with van der Waals surface area (Å²) in [7, 11) is 0. The first-order valence-corrected chi connectivity index (χ1v) is 8.44. The van der Waals surface area contributed by atoms with E-state index in [1.807, 2.05) is 49.4 Å². The number of aromatic nitrogens is 3. The van der Waals surface area contributed by atoms with Crippen molar-refractivity contribution in [3.05, 3.63) is 82.9 Å². The lowest BCUT2D eigenvalue weighted by Gasteiger charge is -2.19. The van der Waals surface area contributed by atoms with E-state index < -0.39 is 0 Å². The van der Waals surface area contributed by atoms with E-state index >= 15 is 0 Å². The fourth-order valence-corrected chi connectivity index (χ4v) is 2.70. The van der Waals surface area contributed by atoms with Crippen molar-refractivity contribution in [1.29, 1.82) is 0 Å². The molecule has 0 aliphatic rings. The zero-order valence-electron chi connectivity index (χ0n) is 13.9. The predicted molar refractivity (Wildman–Crippen MR) is 97.3 cm³/mol. The van der Waals surface area contributed by atoms with Crippen LogP contribution in [0.1, 0.15) is 29.3 Å². The molecule has 128 valence electrons. The molecule has 1 unspecified atom stereocenters. The summed E-state index contributed by atoms with van der Waals surface area (Å²) in [6, 6.07) is 13.5. The number of aryl methyl sites for hydroxylation is 2. The van der Waals surface area contributed by atoms with Gasteiger partial charge in [-0.15, -0.1) is 0 Å². The molecule has 0 fully saturated rings. The molecule has 1 amide bonds. The van der Waals surface area contributed by atoms with Crippen LogP contribution >= 0.6 is 11.6 Å². The van der Waals surface area contributed by atoms with Crippen molar-refractivity contribution in [2.45, 2.75) is 25.9 Å². The van der Waals surface area contributed by atoms with Crippen LogP contribution in [0.4, 0.5) is 0 Å². The SMILES string of the molecule is Cc1ccc(C(NC(=O)CCn2cc(Cl)cn2)c2ccccn2)cc1. The van der Waals surface area contributed by atoms with E-state index in [-0.39, 0.29) is 11.9 Å². The van der Waals surface area contributed by atoms with Crippen molar-refractivity contribution in [2.24, 2.45) is 0 Å². The predicted octanol–water partition coefficient (Wildman–Crippen LogP) is 3.54. The number of carbonyl (C=O) groups is 1. The molecule has 2 aromatic heterocycles. The Morgan fingerprint density at radius 3 is 2.68 bits per heavy atom. The molecule has 0 spiro atoms. The lowest BCUT2D eigenvalue weighted by Crippen LogP contribution is -2.30. The molecular weight excluding hydrogens is 336 g/mol. The second-order valence-corrected chi connectivity index (χ2v) is 6.27. The fraction of sp³-hybridized carbons (Fsp3) is 0.211. The first-order valence-electron chi connectivity index (χ1n) is 8.06. The van der Waals surface area contributed by atoms with Crippen molar-refractivity contribution in [2.75, 3.05) is 0 Å². The lowest BCUT2D eigenvalue weighted by molar-refractivity contribution is -0.121. The Kier molecular flexibility index (Phi) is 5.46. The summed E-state index contributed by atoms with van der Waals surface area (Å²) in [6.07, 6.45) is 5.30. The van der Waals surface area contributed by atoms with E-state index in [0.717, 1.165) is 11.3 Å². The van der Waals surface area contributed by atoms with E-state index in [9.17, 15) is 4.79 Å². The average molecular weight is 355 g/mol. The van der Waals surface area contributed by atoms with Crippen LogP contribution in [0.15, 0.2) is 61.1 Å². The van der Waals surface area contributed by atoms with E-state index in [2.05, 4.69) is 15.4 Å². The highest BCUT2D eigenvalue weighted by molar-refractivity contribution is 6.30. The van der Waals surface area contributed by atoms with Gasteiger partial charge in [-0.25, -0.2) is 0 Å². The number of carbonyl (C=O) groups excluding carboxylic acids is 1. The van der Waals surface area contributed by atoms with Gasteiger partial charge < -0.3 is 5.32 Å². The van der Waals surface area contributed by atoms with Gasteiger partial charge in [-0.05, 0) is 24.6 Å². The van der Waals surface area contributed by atoms with Crippen LogP contribution in [0.3, 0.4) is 0 Å². The largest absolute Gasteiger partial charge is 0.344 e. The first-order chi connectivity index (χ1) is 12.1. The Labute approximate surface area is 151 Å². The van der Waals surface area contributed by atoms with E-state index in [4.69, 9.17) is 11.6 Å². The minimum atomic E-state index is -0.282. The number of rotatable bonds is 6. The van der Waals surface area contributed by atoms with Gasteiger partial charge in [0.25, 0.3) is 0 Å². The molecule has 1 atom stereocenters. The minimum absolute atomic E-state index is 0.0668. The molecule has 0 bridgehead atoms. The van der Waals surface area contributed by atoms with Crippen LogP contribution in [0.5, 0.6) is 0 Å². The molecule has 6 heteroatoms. The maximum absolute atomic E-state index is 12.4. The molecule has 0 aliphatic heterocycles. The van der Waals surface area contributed by atoms with Gasteiger partial charge in [0, 0.05) is 25.4 Å². The molecule has 0 saturated carbocycles. The summed E-state index contributed by atoms with van der Waals surface area (Å²) < 4.78 is 1.66. The van der Waals surface area contributed by atoms with E-state index in [1.165, 1.54) is 5.56 Å². The molecule has 0 radical (unpaired) electrons. The standard InChI is InChI=1S/C19H19ClN4O/c1-14-5-7-15(8-6-14)19(17-4-2-3-10-21-17)23-18(25)9-11-24-13-16(20)12-22-24/h2-8,10,12-13,19H,9,11H2,1H3,(H,23,25). The summed E-state index contributed by atoms with van der Waals surface area (Å²) in [6.45, 7) is 2.51. The smallest absolute Gasteiger partial charge is 0.222 e. The molecule has 1 N–H and O–H groups in total. The Bertz CT molecular complexity index is 830. The van der Waals surface area contributed by atoms with Gasteiger partial charge >= 0.3 is 0 Å². The zero-order valence-corrected chi connectivity index (χ0v) is 14.6. The number of pyridine rings is 1. The van der Waals surface area contributed by atoms with Crippen molar-refractivity contribution in [3.63, 3.8) is 0 Å². The molecule has 0 aliphatic carbocycles. The maximum atomic E-state index is 12.4. The molecule has 1 aromatic carbocycles. The summed E-state index contributed by atoms with van der Waals surface area (Å²) >= 11 is 5.84. The normalized spacial score (nSPS) is 11.9. The number of halogens is 1. The Morgan fingerprint density at radius 1 is 1.24 bits per heavy atom. The van der Waals surface area contributed by atoms with Crippen LogP contribution in [0.2, 0.25) is 5.02 Å². The average Bonchev–Trinajstić information content (AvgIpc) is 3.05. The lowest BCUT2D eigenvalue weighted by atomic mass is 10.0. The summed E-state index contributed by atoms with van der Waals surface area (Å²) in [5, 5.41) is 7.72. The van der Waals surface area contributed by atoms with Gasteiger partial charge in [0.2, 0.25) is 5.91 Å². The van der Waals surface area contributed by atoms with Gasteiger partial charge in [-0.2, -0.15) is 5.10 Å². The van der Waals surface area contributed by atoms with Crippen molar-refractivity contribution in [1.82, 2.24) is 20.1 Å². The zero-order chi connectivity index (χ0) is 17.6. The van der Waals surface area contributed by atoms with Gasteiger partial charge in [0.15, 0.2) is 0 Å². The van der Waals surface area contributed by atoms with Crippen molar-refractivity contribution >= 4 is 17.5 Å². The molecule has 2 heterocycles. The number of benzene rings is 1. The number of nitrogens with zero attached hydrogens (tertiary/aromatic N) is 3. The van der Waals surface area contributed by atoms with E-state index in [1.54, 1.807) is 23.3 Å². The third kappa shape index (κ3) is 4.67. The van der Waals surface area contributed by atoms with Crippen molar-refractivity contribution in [3.8, 4) is 0 Å². The van der Waals surface area contributed by atoms with Gasteiger partial charge in [-0.3, -0.25) is 14.5 Å². The third-order valence-corrected chi connectivity index (χ3v) is 4.06. The Morgan fingerprint density at radius 2 is 2.04 bits per heavy atom. The summed E-state index contributed by atoms with van der Waals surface area (Å²) in [5.74, 6) is -0.0668. The highest BCUT2D eigenvalue weighted by Crippen LogP contribution is 2.21. The third-order valence-electron chi connectivity index (χ3n) is 3.87. The Hall–Kier alpha value is -2.66. The number of amides is 1.